The van der Waals surface area contributed by atoms with Crippen LogP contribution in [0.1, 0.15) is 74.0 Å². The molecule has 9 heteroatoms. The minimum Gasteiger partial charge on any atom is -0.358 e. The zero-order valence-corrected chi connectivity index (χ0v) is 18.8. The van der Waals surface area contributed by atoms with Gasteiger partial charge in [-0.1, -0.05) is 6.92 Å². The van der Waals surface area contributed by atoms with Gasteiger partial charge in [0.2, 0.25) is 5.92 Å². The van der Waals surface area contributed by atoms with E-state index in [0.29, 0.717) is 30.5 Å². The number of carbonyl (C=O) groups is 1. The molecule has 0 aromatic carbocycles. The van der Waals surface area contributed by atoms with Crippen molar-refractivity contribution in [2.75, 3.05) is 7.05 Å². The van der Waals surface area contributed by atoms with Crippen LogP contribution < -0.4 is 10.7 Å². The van der Waals surface area contributed by atoms with Crippen LogP contribution in [0.3, 0.4) is 0 Å². The van der Waals surface area contributed by atoms with Gasteiger partial charge >= 0.3 is 0 Å². The fourth-order valence-electron chi connectivity index (χ4n) is 5.80. The Morgan fingerprint density at radius 3 is 2.58 bits per heavy atom. The molecule has 2 saturated carbocycles. The number of rotatable bonds is 4. The number of aromatic nitrogens is 2. The average molecular weight is 468 g/mol. The largest absolute Gasteiger partial charge is 0.358 e. The van der Waals surface area contributed by atoms with Crippen molar-refractivity contribution in [1.29, 1.82) is 0 Å². The van der Waals surface area contributed by atoms with E-state index in [1.54, 1.807) is 13.0 Å². The maximum absolute atomic E-state index is 15.0. The number of aromatic amines is 1. The molecule has 0 saturated heterocycles. The number of carbonyl (C=O) groups excluding carboxylic acids is 1. The van der Waals surface area contributed by atoms with Crippen molar-refractivity contribution >= 4 is 16.8 Å². The number of hydrogen-bond acceptors (Lipinski definition) is 3. The Kier molecular flexibility index (Phi) is 6.26. The van der Waals surface area contributed by atoms with Crippen molar-refractivity contribution < 1.29 is 22.4 Å². The third-order valence-corrected chi connectivity index (χ3v) is 7.63. The lowest BCUT2D eigenvalue weighted by molar-refractivity contribution is -0.122. The Hall–Kier alpha value is -2.45. The smallest absolute Gasteiger partial charge is 0.270 e. The molecule has 3 atom stereocenters. The van der Waals surface area contributed by atoms with Crippen molar-refractivity contribution in [3.8, 4) is 0 Å². The van der Waals surface area contributed by atoms with E-state index in [1.165, 1.54) is 19.3 Å². The number of nitrogens with zero attached hydrogens (tertiary/aromatic N) is 1. The molecule has 0 radical (unpaired) electrons. The van der Waals surface area contributed by atoms with E-state index in [1.807, 2.05) is 0 Å². The average Bonchev–Trinajstić information content (AvgIpc) is 2.77. The molecule has 0 aliphatic heterocycles. The molecule has 2 N–H and O–H groups in total. The first-order valence-corrected chi connectivity index (χ1v) is 11.6. The molecule has 0 spiro atoms. The van der Waals surface area contributed by atoms with Crippen molar-refractivity contribution in [1.82, 2.24) is 15.3 Å². The molecular weight excluding hydrogens is 438 g/mol. The highest BCUT2D eigenvalue weighted by atomic mass is 19.3. The molecule has 0 bridgehead atoms. The minimum atomic E-state index is -2.91. The van der Waals surface area contributed by atoms with Crippen LogP contribution in [0.4, 0.5) is 17.6 Å². The van der Waals surface area contributed by atoms with Crippen LogP contribution in [0.15, 0.2) is 23.1 Å². The van der Waals surface area contributed by atoms with Crippen LogP contribution in [0.2, 0.25) is 0 Å². The molecule has 1 amide bonds. The molecule has 33 heavy (non-hydrogen) atoms. The highest BCUT2D eigenvalue weighted by molar-refractivity contribution is 6.04. The van der Waals surface area contributed by atoms with Crippen LogP contribution in [0.5, 0.6) is 0 Å². The predicted molar refractivity (Wildman–Crippen MR) is 117 cm³/mol. The van der Waals surface area contributed by atoms with Crippen LogP contribution >= 0.6 is 0 Å². The maximum Gasteiger partial charge on any atom is 0.270 e. The number of pyridine rings is 2. The Balaban J connectivity index is 1.76. The SMILES string of the molecule is CC[C@H]1CC(C2CCC(F)(F)CC2)[C@@H](c2cc(=O)c3c(C(=O)NC)nccc3[nH]2)CC1(F)F. The zero-order valence-electron chi connectivity index (χ0n) is 18.8. The van der Waals surface area contributed by atoms with Crippen molar-refractivity contribution in [3.05, 3.63) is 39.9 Å². The van der Waals surface area contributed by atoms with Gasteiger partial charge in [-0.3, -0.25) is 14.6 Å². The molecular formula is C24H29F4N3O2. The van der Waals surface area contributed by atoms with Gasteiger partial charge in [0.25, 0.3) is 11.8 Å². The number of fused-ring (bicyclic) bond motifs is 1. The molecule has 1 unspecified atom stereocenters. The number of H-pyrrole nitrogens is 1. The highest BCUT2D eigenvalue weighted by Gasteiger charge is 2.51. The van der Waals surface area contributed by atoms with Gasteiger partial charge in [-0.15, -0.1) is 0 Å². The molecule has 2 aliphatic rings. The second kappa shape index (κ2) is 8.72. The number of alkyl halides is 4. The van der Waals surface area contributed by atoms with Gasteiger partial charge in [0, 0.05) is 56.1 Å². The van der Waals surface area contributed by atoms with E-state index < -0.39 is 41.4 Å². The van der Waals surface area contributed by atoms with Gasteiger partial charge < -0.3 is 10.3 Å². The Morgan fingerprint density at radius 2 is 1.94 bits per heavy atom. The summed E-state index contributed by atoms with van der Waals surface area (Å²) in [4.78, 5) is 32.3. The highest BCUT2D eigenvalue weighted by Crippen LogP contribution is 2.54. The first kappa shape index (κ1) is 23.7. The van der Waals surface area contributed by atoms with E-state index in [9.17, 15) is 18.4 Å². The summed E-state index contributed by atoms with van der Waals surface area (Å²) in [6.07, 6.45) is 1.62. The van der Waals surface area contributed by atoms with Gasteiger partial charge in [0.05, 0.1) is 10.9 Å². The van der Waals surface area contributed by atoms with Crippen molar-refractivity contribution in [3.63, 3.8) is 0 Å². The number of amides is 1. The Labute approximate surface area is 189 Å². The van der Waals surface area contributed by atoms with Crippen LogP contribution in [0.25, 0.3) is 10.9 Å². The number of nitrogens with one attached hydrogen (secondary N) is 2. The van der Waals surface area contributed by atoms with Crippen LogP contribution in [-0.2, 0) is 0 Å². The summed E-state index contributed by atoms with van der Waals surface area (Å²) in [5.41, 5.74) is 0.216. The summed E-state index contributed by atoms with van der Waals surface area (Å²) in [6.45, 7) is 1.73. The van der Waals surface area contributed by atoms with Gasteiger partial charge in [-0.2, -0.15) is 0 Å². The first-order chi connectivity index (χ1) is 15.6. The second-order valence-electron chi connectivity index (χ2n) is 9.52. The summed E-state index contributed by atoms with van der Waals surface area (Å²) in [5.74, 6) is -7.92. The Morgan fingerprint density at radius 1 is 1.24 bits per heavy atom. The van der Waals surface area contributed by atoms with Gasteiger partial charge in [0.1, 0.15) is 5.69 Å². The molecule has 5 nitrogen and oxygen atoms in total. The summed E-state index contributed by atoms with van der Waals surface area (Å²) in [5, 5.41) is 2.54. The lowest BCUT2D eigenvalue weighted by atomic mass is 9.62. The molecule has 2 fully saturated rings. The minimum absolute atomic E-state index is 0.0334. The quantitative estimate of drug-likeness (QED) is 0.602. The lowest BCUT2D eigenvalue weighted by Crippen LogP contribution is -2.43. The lowest BCUT2D eigenvalue weighted by Gasteiger charge is -2.46. The zero-order chi connectivity index (χ0) is 24.0. The summed E-state index contributed by atoms with van der Waals surface area (Å²) < 4.78 is 57.6. The van der Waals surface area contributed by atoms with Gasteiger partial charge in [0.15, 0.2) is 5.43 Å². The monoisotopic (exact) mass is 467 g/mol. The standard InChI is InChI=1S/C24H29F4N3O2/c1-3-14-10-15(13-4-7-23(25,26)8-5-13)16(12-24(14,27)28)18-11-19(32)20-17(31-18)6-9-30-21(20)22(33)29-2/h6,9,11,13-16H,3-5,7-8,10,12H2,1-2H3,(H,29,33)(H,31,32)/t14-,15?,16-/m0/s1. The maximum atomic E-state index is 15.0. The van der Waals surface area contributed by atoms with E-state index in [2.05, 4.69) is 15.3 Å². The van der Waals surface area contributed by atoms with Gasteiger partial charge in [-0.05, 0) is 43.6 Å². The normalized spacial score (nSPS) is 27.4. The third kappa shape index (κ3) is 4.51. The van der Waals surface area contributed by atoms with E-state index in [4.69, 9.17) is 0 Å². The predicted octanol–water partition coefficient (Wildman–Crippen LogP) is 5.26. The molecule has 180 valence electrons. The first-order valence-electron chi connectivity index (χ1n) is 11.6. The molecule has 2 heterocycles. The van der Waals surface area contributed by atoms with E-state index in [-0.39, 0.29) is 42.2 Å². The second-order valence-corrected chi connectivity index (χ2v) is 9.52. The van der Waals surface area contributed by atoms with E-state index in [0.717, 1.165) is 0 Å². The molecule has 2 aromatic heterocycles. The fourth-order valence-corrected chi connectivity index (χ4v) is 5.80. The molecule has 4 rings (SSSR count). The number of halogens is 4. The summed E-state index contributed by atoms with van der Waals surface area (Å²) in [6, 6.07) is 2.83. The Bertz CT molecular complexity index is 1090. The van der Waals surface area contributed by atoms with E-state index >= 15 is 8.78 Å². The van der Waals surface area contributed by atoms with Crippen LogP contribution in [-0.4, -0.2) is 34.8 Å². The van der Waals surface area contributed by atoms with Crippen LogP contribution in [0, 0.1) is 17.8 Å². The van der Waals surface area contributed by atoms with Crippen molar-refractivity contribution in [2.24, 2.45) is 17.8 Å². The third-order valence-electron chi connectivity index (χ3n) is 7.63. The van der Waals surface area contributed by atoms with Gasteiger partial charge in [-0.25, -0.2) is 17.6 Å². The molecule has 2 aliphatic carbocycles. The summed E-state index contributed by atoms with van der Waals surface area (Å²) in [7, 11) is 1.43. The fraction of sp³-hybridized carbons (Fsp3) is 0.625. The summed E-state index contributed by atoms with van der Waals surface area (Å²) >= 11 is 0. The molecule has 2 aromatic rings. The van der Waals surface area contributed by atoms with Crippen molar-refractivity contribution in [2.45, 2.75) is 69.6 Å². The topological polar surface area (TPSA) is 74.8 Å². The number of hydrogen-bond donors (Lipinski definition) is 2.